The second-order valence-corrected chi connectivity index (χ2v) is 7.25. The van der Waals surface area contributed by atoms with E-state index < -0.39 is 0 Å². The fourth-order valence-electron chi connectivity index (χ4n) is 4.54. The third-order valence-electron chi connectivity index (χ3n) is 5.26. The van der Waals surface area contributed by atoms with Crippen LogP contribution < -0.4 is 5.32 Å². The Balaban J connectivity index is 1.64. The summed E-state index contributed by atoms with van der Waals surface area (Å²) in [6.07, 6.45) is 7.04. The minimum Gasteiger partial charge on any atom is -0.393 e. The van der Waals surface area contributed by atoms with E-state index >= 15 is 0 Å². The number of hydrogen-bond acceptors (Lipinski definition) is 4. The Bertz CT molecular complexity index is 524. The molecule has 1 aliphatic heterocycles. The van der Waals surface area contributed by atoms with Crippen molar-refractivity contribution in [1.29, 1.82) is 5.26 Å². The van der Waals surface area contributed by atoms with Gasteiger partial charge in [0, 0.05) is 12.1 Å². The van der Waals surface area contributed by atoms with Crippen LogP contribution in [-0.4, -0.2) is 46.7 Å². The maximum Gasteiger partial charge on any atom is 0.237 e. The molecule has 0 spiro atoms. The van der Waals surface area contributed by atoms with E-state index in [1.54, 1.807) is 4.90 Å². The highest BCUT2D eigenvalue weighted by Gasteiger charge is 2.41. The first-order valence-corrected chi connectivity index (χ1v) is 8.33. The summed E-state index contributed by atoms with van der Waals surface area (Å²) in [5.41, 5.74) is 1.16. The minimum atomic E-state index is -0.311. The van der Waals surface area contributed by atoms with E-state index in [1.807, 2.05) is 0 Å². The summed E-state index contributed by atoms with van der Waals surface area (Å²) in [6.45, 7) is 3.15. The van der Waals surface area contributed by atoms with Crippen molar-refractivity contribution in [1.82, 2.24) is 10.2 Å². The van der Waals surface area contributed by atoms with Crippen LogP contribution in [-0.2, 0) is 4.79 Å². The second-order valence-electron chi connectivity index (χ2n) is 7.25. The van der Waals surface area contributed by atoms with Crippen molar-refractivity contribution in [2.24, 2.45) is 5.92 Å². The predicted molar refractivity (Wildman–Crippen MR) is 82.8 cm³/mol. The Morgan fingerprint density at radius 2 is 2.41 bits per heavy atom. The molecule has 3 rings (SSSR count). The van der Waals surface area contributed by atoms with Crippen LogP contribution in [0.5, 0.6) is 0 Å². The van der Waals surface area contributed by atoms with Crippen LogP contribution in [0.1, 0.15) is 45.4 Å². The predicted octanol–water partition coefficient (Wildman–Crippen LogP) is 1.34. The van der Waals surface area contributed by atoms with Crippen molar-refractivity contribution in [3.63, 3.8) is 0 Å². The van der Waals surface area contributed by atoms with Crippen LogP contribution in [0.2, 0.25) is 0 Å². The van der Waals surface area contributed by atoms with Gasteiger partial charge in [-0.3, -0.25) is 4.79 Å². The third-order valence-corrected chi connectivity index (χ3v) is 5.26. The van der Waals surface area contributed by atoms with Gasteiger partial charge in [0.15, 0.2) is 0 Å². The minimum absolute atomic E-state index is 0.0160. The van der Waals surface area contributed by atoms with Crippen molar-refractivity contribution in [3.05, 3.63) is 11.6 Å². The number of carbonyl (C=O) groups excluding carboxylic acids is 1. The number of rotatable bonds is 3. The zero-order valence-corrected chi connectivity index (χ0v) is 13.2. The molecule has 4 atom stereocenters. The molecule has 1 heterocycles. The van der Waals surface area contributed by atoms with Gasteiger partial charge in [0.2, 0.25) is 5.91 Å². The zero-order chi connectivity index (χ0) is 15.7. The van der Waals surface area contributed by atoms with Crippen LogP contribution in [0, 0.1) is 17.2 Å². The van der Waals surface area contributed by atoms with E-state index in [0.29, 0.717) is 18.9 Å². The molecule has 1 saturated heterocycles. The number of fused-ring (bicyclic) bond motifs is 2. The van der Waals surface area contributed by atoms with Crippen molar-refractivity contribution in [3.8, 4) is 6.07 Å². The summed E-state index contributed by atoms with van der Waals surface area (Å²) in [5.74, 6) is 0.500. The second kappa shape index (κ2) is 6.02. The van der Waals surface area contributed by atoms with Crippen LogP contribution in [0.4, 0.5) is 0 Å². The molecule has 2 fully saturated rings. The lowest BCUT2D eigenvalue weighted by Crippen LogP contribution is -2.56. The first kappa shape index (κ1) is 15.5. The Labute approximate surface area is 132 Å². The maximum atomic E-state index is 12.4. The van der Waals surface area contributed by atoms with E-state index in [-0.39, 0.29) is 30.1 Å². The number of aliphatic hydroxyl groups is 1. The average molecular weight is 303 g/mol. The monoisotopic (exact) mass is 303 g/mol. The molecule has 5 heteroatoms. The number of allylic oxidation sites excluding steroid dienone is 1. The number of nitrogens with one attached hydrogen (secondary N) is 1. The first-order valence-electron chi connectivity index (χ1n) is 8.33. The Kier molecular flexibility index (Phi) is 4.24. The summed E-state index contributed by atoms with van der Waals surface area (Å²) in [4.78, 5) is 14.1. The highest BCUT2D eigenvalue weighted by atomic mass is 16.3. The van der Waals surface area contributed by atoms with E-state index in [1.165, 1.54) is 5.57 Å². The average Bonchev–Trinajstić information content (AvgIpc) is 2.91. The molecule has 22 heavy (non-hydrogen) atoms. The van der Waals surface area contributed by atoms with Crippen LogP contribution >= 0.6 is 0 Å². The highest BCUT2D eigenvalue weighted by molar-refractivity contribution is 5.79. The van der Waals surface area contributed by atoms with Crippen LogP contribution in [0.3, 0.4) is 0 Å². The van der Waals surface area contributed by atoms with Crippen molar-refractivity contribution in [2.45, 2.75) is 63.1 Å². The van der Waals surface area contributed by atoms with E-state index in [0.717, 1.165) is 32.1 Å². The molecule has 3 aliphatic rings. The van der Waals surface area contributed by atoms with Gasteiger partial charge in [0.05, 0.1) is 18.7 Å². The topological polar surface area (TPSA) is 76.4 Å². The van der Waals surface area contributed by atoms with E-state index in [9.17, 15) is 9.90 Å². The van der Waals surface area contributed by atoms with Gasteiger partial charge >= 0.3 is 0 Å². The molecule has 1 saturated carbocycles. The molecular formula is C17H25N3O2. The lowest BCUT2D eigenvalue weighted by molar-refractivity contribution is -0.130. The standard InChI is InChI=1S/C17H25N3O2/c1-12-5-13-6-15(21)9-17(7-12,8-13)19-11-16(22)20-4-2-3-14(20)10-18/h5,12,14-15,19,21H,2-4,6-9,11H2,1H3/t12?,14-,15?,17?/m0/s1. The maximum absolute atomic E-state index is 12.4. The molecular weight excluding hydrogens is 278 g/mol. The molecule has 2 N–H and O–H groups in total. The molecule has 3 unspecified atom stereocenters. The Morgan fingerprint density at radius 1 is 1.59 bits per heavy atom. The number of nitrogens with zero attached hydrogens (tertiary/aromatic N) is 2. The van der Waals surface area contributed by atoms with Crippen LogP contribution in [0.15, 0.2) is 11.6 Å². The van der Waals surface area contributed by atoms with Gasteiger partial charge in [-0.25, -0.2) is 0 Å². The fourth-order valence-corrected chi connectivity index (χ4v) is 4.54. The molecule has 5 nitrogen and oxygen atoms in total. The fraction of sp³-hybridized carbons (Fsp3) is 0.765. The molecule has 2 bridgehead atoms. The van der Waals surface area contributed by atoms with Crippen molar-refractivity contribution in [2.75, 3.05) is 13.1 Å². The number of hydrogen-bond donors (Lipinski definition) is 2. The first-order chi connectivity index (χ1) is 10.5. The summed E-state index contributed by atoms with van der Waals surface area (Å²) in [6, 6.07) is 1.96. The normalized spacial score (nSPS) is 37.6. The molecule has 0 aromatic rings. The molecule has 0 aromatic heterocycles. The Hall–Kier alpha value is -1.38. The van der Waals surface area contributed by atoms with Gasteiger partial charge in [-0.2, -0.15) is 5.26 Å². The SMILES string of the molecule is CC1C=C2CC(O)CC(NCC(=O)N3CCC[C@H]3C#N)(C2)C1. The van der Waals surface area contributed by atoms with Gasteiger partial charge in [0.25, 0.3) is 0 Å². The van der Waals surface area contributed by atoms with Gasteiger partial charge in [0.1, 0.15) is 6.04 Å². The Morgan fingerprint density at radius 3 is 3.18 bits per heavy atom. The largest absolute Gasteiger partial charge is 0.393 e. The van der Waals surface area contributed by atoms with Gasteiger partial charge in [-0.05, 0) is 44.4 Å². The number of carbonyl (C=O) groups is 1. The molecule has 2 aliphatic carbocycles. The third kappa shape index (κ3) is 3.04. The molecule has 0 radical (unpaired) electrons. The quantitative estimate of drug-likeness (QED) is 0.771. The highest BCUT2D eigenvalue weighted by Crippen LogP contribution is 2.41. The lowest BCUT2D eigenvalue weighted by atomic mass is 9.68. The van der Waals surface area contributed by atoms with E-state index in [4.69, 9.17) is 5.26 Å². The summed E-state index contributed by atoms with van der Waals surface area (Å²) in [7, 11) is 0. The summed E-state index contributed by atoms with van der Waals surface area (Å²) < 4.78 is 0. The molecule has 120 valence electrons. The van der Waals surface area contributed by atoms with Gasteiger partial charge in [-0.15, -0.1) is 0 Å². The number of likely N-dealkylation sites (tertiary alicyclic amines) is 1. The molecule has 1 amide bonds. The number of aliphatic hydroxyl groups excluding tert-OH is 1. The van der Waals surface area contributed by atoms with Crippen molar-refractivity contribution >= 4 is 5.91 Å². The molecule has 0 aromatic carbocycles. The van der Waals surface area contributed by atoms with Gasteiger partial charge < -0.3 is 15.3 Å². The van der Waals surface area contributed by atoms with Crippen molar-refractivity contribution < 1.29 is 9.90 Å². The smallest absolute Gasteiger partial charge is 0.237 e. The summed E-state index contributed by atoms with van der Waals surface area (Å²) >= 11 is 0. The lowest BCUT2D eigenvalue weighted by Gasteiger charge is -2.46. The summed E-state index contributed by atoms with van der Waals surface area (Å²) in [5, 5.41) is 22.7. The number of amides is 1. The van der Waals surface area contributed by atoms with E-state index in [2.05, 4.69) is 24.4 Å². The zero-order valence-electron chi connectivity index (χ0n) is 13.2. The van der Waals surface area contributed by atoms with Crippen LogP contribution in [0.25, 0.3) is 0 Å². The van der Waals surface area contributed by atoms with Gasteiger partial charge in [-0.1, -0.05) is 18.6 Å². The number of nitriles is 1.